The number of nitrogens with zero attached hydrogens (tertiary/aromatic N) is 4. The summed E-state index contributed by atoms with van der Waals surface area (Å²) in [4.78, 5) is 2.09. The predicted octanol–water partition coefficient (Wildman–Crippen LogP) is 3.96. The van der Waals surface area contributed by atoms with Crippen LogP contribution in [0, 0.1) is 4.77 Å². The van der Waals surface area contributed by atoms with Crippen molar-refractivity contribution in [1.29, 1.82) is 0 Å². The molecule has 0 N–H and O–H groups in total. The van der Waals surface area contributed by atoms with E-state index >= 15 is 0 Å². The van der Waals surface area contributed by atoms with Gasteiger partial charge in [0.25, 0.3) is 0 Å². The molecule has 0 saturated carbocycles. The molecule has 0 amide bonds. The van der Waals surface area contributed by atoms with Gasteiger partial charge in [-0.25, -0.2) is 4.68 Å². The number of ether oxygens (including phenoxy) is 1. The van der Waals surface area contributed by atoms with Crippen LogP contribution in [-0.2, 0) is 20.3 Å². The van der Waals surface area contributed by atoms with Gasteiger partial charge >= 0.3 is 0 Å². The molecule has 0 aliphatic rings. The summed E-state index contributed by atoms with van der Waals surface area (Å²) in [6.07, 6.45) is 1.62. The van der Waals surface area contributed by atoms with Gasteiger partial charge in [0.05, 0.1) is 20.0 Å². The Morgan fingerprint density at radius 3 is 2.84 bits per heavy atom. The Morgan fingerprint density at radius 1 is 1.36 bits per heavy atom. The minimum Gasteiger partial charge on any atom is -0.496 e. The van der Waals surface area contributed by atoms with E-state index in [9.17, 15) is 0 Å². The maximum Gasteiger partial charge on any atom is 0.199 e. The van der Waals surface area contributed by atoms with Gasteiger partial charge in [0.2, 0.25) is 0 Å². The highest BCUT2D eigenvalue weighted by Crippen LogP contribution is 2.24. The minimum absolute atomic E-state index is 0.531. The van der Waals surface area contributed by atoms with E-state index in [0.29, 0.717) is 34.6 Å². The normalized spacial score (nSPS) is 11.2. The van der Waals surface area contributed by atoms with Crippen LogP contribution in [0.5, 0.6) is 5.75 Å². The number of furan rings is 1. The number of aromatic nitrogens is 3. The molecule has 6 nitrogen and oxygen atoms in total. The van der Waals surface area contributed by atoms with Crippen LogP contribution in [0.4, 0.5) is 0 Å². The number of benzene rings is 1. The van der Waals surface area contributed by atoms with Gasteiger partial charge in [-0.1, -0.05) is 11.6 Å². The Morgan fingerprint density at radius 2 is 2.16 bits per heavy atom. The summed E-state index contributed by atoms with van der Waals surface area (Å²) in [5.41, 5.74) is 1.01. The summed E-state index contributed by atoms with van der Waals surface area (Å²) >= 11 is 11.6. The van der Waals surface area contributed by atoms with E-state index in [1.165, 1.54) is 0 Å². The van der Waals surface area contributed by atoms with Gasteiger partial charge in [0.15, 0.2) is 16.4 Å². The Hall–Kier alpha value is -2.09. The first-order chi connectivity index (χ1) is 12.0. The molecule has 2 heterocycles. The van der Waals surface area contributed by atoms with E-state index in [1.54, 1.807) is 18.1 Å². The molecule has 0 saturated heterocycles. The predicted molar refractivity (Wildman–Crippen MR) is 99.2 cm³/mol. The van der Waals surface area contributed by atoms with Gasteiger partial charge in [-0.05, 0) is 49.6 Å². The highest BCUT2D eigenvalue weighted by molar-refractivity contribution is 7.71. The SMILES string of the molecule is COc1ccc(Cl)cc1CN(C)Cn1nc(-c2ccco2)n(C)c1=S. The summed E-state index contributed by atoms with van der Waals surface area (Å²) in [6.45, 7) is 1.18. The van der Waals surface area contributed by atoms with E-state index in [-0.39, 0.29) is 0 Å². The number of hydrogen-bond acceptors (Lipinski definition) is 5. The molecule has 0 fully saturated rings. The summed E-state index contributed by atoms with van der Waals surface area (Å²) in [5, 5.41) is 5.26. The van der Waals surface area contributed by atoms with E-state index < -0.39 is 0 Å². The van der Waals surface area contributed by atoms with E-state index in [2.05, 4.69) is 10.00 Å². The third-order valence-electron chi connectivity index (χ3n) is 3.84. The second kappa shape index (κ2) is 7.43. The van der Waals surface area contributed by atoms with Crippen molar-refractivity contribution in [3.8, 4) is 17.3 Å². The van der Waals surface area contributed by atoms with Crippen LogP contribution >= 0.6 is 23.8 Å². The van der Waals surface area contributed by atoms with Crippen molar-refractivity contribution in [1.82, 2.24) is 19.2 Å². The standard InChI is InChI=1S/C17H19ClN4O2S/c1-20(10-12-9-13(18)6-7-14(12)23-3)11-22-17(25)21(2)16(19-22)15-5-4-8-24-15/h4-9H,10-11H2,1-3H3. The number of hydrogen-bond donors (Lipinski definition) is 0. The third-order valence-corrected chi connectivity index (χ3v) is 4.56. The van der Waals surface area contributed by atoms with Gasteiger partial charge in [0.1, 0.15) is 5.75 Å². The Kier molecular flexibility index (Phi) is 5.27. The highest BCUT2D eigenvalue weighted by atomic mass is 35.5. The van der Waals surface area contributed by atoms with Crippen molar-refractivity contribution >= 4 is 23.8 Å². The molecule has 0 radical (unpaired) electrons. The average molecular weight is 379 g/mol. The van der Waals surface area contributed by atoms with Crippen LogP contribution in [-0.4, -0.2) is 33.4 Å². The largest absolute Gasteiger partial charge is 0.496 e. The van der Waals surface area contributed by atoms with Crippen LogP contribution in [0.3, 0.4) is 0 Å². The van der Waals surface area contributed by atoms with Crippen LogP contribution in [0.2, 0.25) is 5.02 Å². The van der Waals surface area contributed by atoms with E-state index in [1.807, 2.05) is 49.0 Å². The number of methoxy groups -OCH3 is 1. The van der Waals surface area contributed by atoms with Gasteiger partial charge in [-0.3, -0.25) is 4.90 Å². The molecule has 1 aromatic carbocycles. The summed E-state index contributed by atoms with van der Waals surface area (Å²) < 4.78 is 15.1. The molecule has 3 rings (SSSR count). The molecule has 2 aromatic heterocycles. The quantitative estimate of drug-likeness (QED) is 0.607. The maximum atomic E-state index is 6.10. The van der Waals surface area contributed by atoms with Crippen LogP contribution in [0.15, 0.2) is 41.0 Å². The molecule has 25 heavy (non-hydrogen) atoms. The fraction of sp³-hybridized carbons (Fsp3) is 0.294. The highest BCUT2D eigenvalue weighted by Gasteiger charge is 2.14. The lowest BCUT2D eigenvalue weighted by molar-refractivity contribution is 0.240. The van der Waals surface area contributed by atoms with Gasteiger partial charge in [-0.15, -0.1) is 5.10 Å². The zero-order valence-corrected chi connectivity index (χ0v) is 15.8. The first kappa shape index (κ1) is 17.7. The fourth-order valence-electron chi connectivity index (χ4n) is 2.64. The van der Waals surface area contributed by atoms with Crippen molar-refractivity contribution < 1.29 is 9.15 Å². The van der Waals surface area contributed by atoms with Crippen molar-refractivity contribution in [2.75, 3.05) is 14.2 Å². The van der Waals surface area contributed by atoms with Crippen molar-refractivity contribution in [3.63, 3.8) is 0 Å². The topological polar surface area (TPSA) is 48.4 Å². The summed E-state index contributed by atoms with van der Waals surface area (Å²) in [7, 11) is 5.52. The zero-order chi connectivity index (χ0) is 18.0. The molecular formula is C17H19ClN4O2S. The third kappa shape index (κ3) is 3.78. The Bertz CT molecular complexity index is 917. The van der Waals surface area contributed by atoms with E-state index in [0.717, 1.165) is 11.3 Å². The molecule has 8 heteroatoms. The van der Waals surface area contributed by atoms with Gasteiger partial charge in [-0.2, -0.15) is 0 Å². The molecule has 0 atom stereocenters. The number of halogens is 1. The fourth-order valence-corrected chi connectivity index (χ4v) is 3.02. The monoisotopic (exact) mass is 378 g/mol. The molecule has 3 aromatic rings. The summed E-state index contributed by atoms with van der Waals surface area (Å²) in [6, 6.07) is 9.28. The van der Waals surface area contributed by atoms with Crippen LogP contribution < -0.4 is 4.74 Å². The van der Waals surface area contributed by atoms with Crippen LogP contribution in [0.1, 0.15) is 5.56 Å². The lowest BCUT2D eigenvalue weighted by Crippen LogP contribution is -2.23. The van der Waals surface area contributed by atoms with Crippen LogP contribution in [0.25, 0.3) is 11.6 Å². The lowest BCUT2D eigenvalue weighted by atomic mass is 10.2. The molecule has 0 spiro atoms. The zero-order valence-electron chi connectivity index (χ0n) is 14.3. The second-order valence-electron chi connectivity index (χ2n) is 5.75. The molecule has 132 valence electrons. The van der Waals surface area contributed by atoms with Crippen molar-refractivity contribution in [3.05, 3.63) is 52.0 Å². The Labute approximate surface area is 156 Å². The molecule has 0 unspecified atom stereocenters. The number of rotatable bonds is 6. The van der Waals surface area contributed by atoms with Crippen molar-refractivity contribution in [2.45, 2.75) is 13.2 Å². The molecule has 0 aliphatic carbocycles. The van der Waals surface area contributed by atoms with Crippen molar-refractivity contribution in [2.24, 2.45) is 7.05 Å². The second-order valence-corrected chi connectivity index (χ2v) is 6.56. The summed E-state index contributed by atoms with van der Waals surface area (Å²) in [5.74, 6) is 2.19. The first-order valence-electron chi connectivity index (χ1n) is 7.68. The van der Waals surface area contributed by atoms with Gasteiger partial charge < -0.3 is 13.7 Å². The maximum absolute atomic E-state index is 6.10. The van der Waals surface area contributed by atoms with Gasteiger partial charge in [0, 0.05) is 24.2 Å². The minimum atomic E-state index is 0.531. The first-order valence-corrected chi connectivity index (χ1v) is 8.47. The Balaban J connectivity index is 1.80. The molecule has 0 bridgehead atoms. The average Bonchev–Trinajstić information content (AvgIpc) is 3.19. The lowest BCUT2D eigenvalue weighted by Gasteiger charge is -2.18. The smallest absolute Gasteiger partial charge is 0.199 e. The molecule has 0 aliphatic heterocycles. The van der Waals surface area contributed by atoms with E-state index in [4.69, 9.17) is 33.0 Å². The molecular weight excluding hydrogens is 360 g/mol.